The summed E-state index contributed by atoms with van der Waals surface area (Å²) in [6.45, 7) is 0. The summed E-state index contributed by atoms with van der Waals surface area (Å²) in [5.74, 6) is 0.0580. The lowest BCUT2D eigenvalue weighted by Gasteiger charge is -2.05. The predicted octanol–water partition coefficient (Wildman–Crippen LogP) is 2.75. The number of rotatable bonds is 1. The van der Waals surface area contributed by atoms with Gasteiger partial charge in [-0.3, -0.25) is 4.79 Å². The molecule has 0 spiro atoms. The van der Waals surface area contributed by atoms with Gasteiger partial charge in [0.25, 0.3) is 0 Å². The third kappa shape index (κ3) is 1.83. The van der Waals surface area contributed by atoms with Crippen LogP contribution in [0.2, 0.25) is 0 Å². The van der Waals surface area contributed by atoms with E-state index in [0.717, 1.165) is 0 Å². The van der Waals surface area contributed by atoms with Gasteiger partial charge in [0, 0.05) is 17.3 Å². The zero-order valence-corrected chi connectivity index (χ0v) is 9.96. The van der Waals surface area contributed by atoms with Gasteiger partial charge in [0.05, 0.1) is 10.9 Å². The number of aromatic hydroxyl groups is 1. The molecule has 0 saturated carbocycles. The second kappa shape index (κ2) is 4.17. The van der Waals surface area contributed by atoms with Gasteiger partial charge in [-0.1, -0.05) is 18.2 Å². The minimum Gasteiger partial charge on any atom is -0.508 e. The Morgan fingerprint density at radius 1 is 1.05 bits per heavy atom. The van der Waals surface area contributed by atoms with Crippen molar-refractivity contribution in [2.45, 2.75) is 0 Å². The lowest BCUT2D eigenvalue weighted by molar-refractivity contribution is 0.474. The van der Waals surface area contributed by atoms with Crippen LogP contribution in [0.5, 0.6) is 5.75 Å². The summed E-state index contributed by atoms with van der Waals surface area (Å²) in [6, 6.07) is 11.5. The van der Waals surface area contributed by atoms with Crippen LogP contribution < -0.4 is 11.2 Å². The van der Waals surface area contributed by atoms with Gasteiger partial charge >= 0.3 is 0 Å². The van der Waals surface area contributed by atoms with E-state index in [1.165, 1.54) is 18.4 Å². The fourth-order valence-electron chi connectivity index (χ4n) is 2.05. The number of benzene rings is 2. The zero-order chi connectivity index (χ0) is 13.4. The molecular weight excluding hydrogens is 242 g/mol. The second-order valence-electron chi connectivity index (χ2n) is 4.25. The largest absolute Gasteiger partial charge is 0.508 e. The Kier molecular flexibility index (Phi) is 2.49. The molecule has 0 radical (unpaired) electrons. The standard InChI is InChI=1S/C15H11NO3/c16-13-4-2-1-3-10(13)12-8-19-14-7-9(17)5-6-11(14)15(12)18/h1-8,17H,16H2. The molecule has 19 heavy (non-hydrogen) atoms. The number of fused-ring (bicyclic) bond motifs is 1. The molecule has 3 rings (SSSR count). The maximum atomic E-state index is 12.4. The Balaban J connectivity index is 2.33. The van der Waals surface area contributed by atoms with E-state index < -0.39 is 0 Å². The molecule has 0 aliphatic rings. The Bertz CT molecular complexity index is 821. The van der Waals surface area contributed by atoms with Crippen LogP contribution in [0.3, 0.4) is 0 Å². The van der Waals surface area contributed by atoms with Crippen LogP contribution >= 0.6 is 0 Å². The van der Waals surface area contributed by atoms with Gasteiger partial charge < -0.3 is 15.3 Å². The van der Waals surface area contributed by atoms with Crippen LogP contribution in [-0.4, -0.2) is 5.11 Å². The first-order valence-electron chi connectivity index (χ1n) is 5.76. The van der Waals surface area contributed by atoms with Crippen molar-refractivity contribution in [2.75, 3.05) is 5.73 Å². The van der Waals surface area contributed by atoms with Crippen molar-refractivity contribution in [3.05, 3.63) is 59.0 Å². The Labute approximate surface area is 108 Å². The molecule has 0 fully saturated rings. The molecule has 1 heterocycles. The molecule has 1 aromatic heterocycles. The Hall–Kier alpha value is -2.75. The van der Waals surface area contributed by atoms with Crippen molar-refractivity contribution in [3.63, 3.8) is 0 Å². The summed E-state index contributed by atoms with van der Waals surface area (Å²) >= 11 is 0. The average molecular weight is 253 g/mol. The highest BCUT2D eigenvalue weighted by atomic mass is 16.3. The number of hydrogen-bond acceptors (Lipinski definition) is 4. The summed E-state index contributed by atoms with van der Waals surface area (Å²) < 4.78 is 5.40. The van der Waals surface area contributed by atoms with Crippen LogP contribution in [0.15, 0.2) is 57.9 Å². The van der Waals surface area contributed by atoms with Crippen molar-refractivity contribution in [1.82, 2.24) is 0 Å². The minimum atomic E-state index is -0.167. The molecule has 4 nitrogen and oxygen atoms in total. The van der Waals surface area contributed by atoms with Crippen LogP contribution in [0, 0.1) is 0 Å². The maximum absolute atomic E-state index is 12.4. The Morgan fingerprint density at radius 3 is 2.63 bits per heavy atom. The van der Waals surface area contributed by atoms with Crippen molar-refractivity contribution in [3.8, 4) is 16.9 Å². The van der Waals surface area contributed by atoms with E-state index in [4.69, 9.17) is 10.2 Å². The highest BCUT2D eigenvalue weighted by molar-refractivity contribution is 5.85. The smallest absolute Gasteiger partial charge is 0.200 e. The van der Waals surface area contributed by atoms with Crippen molar-refractivity contribution in [1.29, 1.82) is 0 Å². The first kappa shape index (κ1) is 11.3. The molecule has 0 aliphatic heterocycles. The summed E-state index contributed by atoms with van der Waals surface area (Å²) in [6.07, 6.45) is 1.37. The molecule has 4 heteroatoms. The van der Waals surface area contributed by atoms with Crippen molar-refractivity contribution in [2.24, 2.45) is 0 Å². The van der Waals surface area contributed by atoms with Crippen molar-refractivity contribution < 1.29 is 9.52 Å². The summed E-state index contributed by atoms with van der Waals surface area (Å²) in [5.41, 5.74) is 7.63. The number of nitrogen functional groups attached to an aromatic ring is 1. The van der Waals surface area contributed by atoms with Gasteiger partial charge in [-0.25, -0.2) is 0 Å². The fourth-order valence-corrected chi connectivity index (χ4v) is 2.05. The third-order valence-electron chi connectivity index (χ3n) is 3.01. The molecule has 0 bridgehead atoms. The topological polar surface area (TPSA) is 76.5 Å². The first-order chi connectivity index (χ1) is 9.16. The quantitative estimate of drug-likeness (QED) is 0.654. The minimum absolute atomic E-state index is 0.0580. The van der Waals surface area contributed by atoms with Crippen LogP contribution in [0.25, 0.3) is 22.1 Å². The second-order valence-corrected chi connectivity index (χ2v) is 4.25. The van der Waals surface area contributed by atoms with E-state index in [1.807, 2.05) is 6.07 Å². The average Bonchev–Trinajstić information content (AvgIpc) is 2.40. The third-order valence-corrected chi connectivity index (χ3v) is 3.01. The number of hydrogen-bond donors (Lipinski definition) is 2. The van der Waals surface area contributed by atoms with E-state index in [-0.39, 0.29) is 11.2 Å². The van der Waals surface area contributed by atoms with E-state index >= 15 is 0 Å². The molecule has 0 aliphatic carbocycles. The van der Waals surface area contributed by atoms with Gasteiger partial charge in [-0.2, -0.15) is 0 Å². The number of phenols is 1. The monoisotopic (exact) mass is 253 g/mol. The van der Waals surface area contributed by atoms with Crippen LogP contribution in [0.4, 0.5) is 5.69 Å². The molecule has 0 unspecified atom stereocenters. The molecule has 0 atom stereocenters. The molecule has 0 saturated heterocycles. The molecular formula is C15H11NO3. The van der Waals surface area contributed by atoms with E-state index in [9.17, 15) is 9.90 Å². The maximum Gasteiger partial charge on any atom is 0.200 e. The van der Waals surface area contributed by atoms with E-state index in [0.29, 0.717) is 27.8 Å². The SMILES string of the molecule is Nc1ccccc1-c1coc2cc(O)ccc2c1=O. The molecule has 94 valence electrons. The fraction of sp³-hybridized carbons (Fsp3) is 0. The van der Waals surface area contributed by atoms with Gasteiger partial charge in [0.15, 0.2) is 0 Å². The Morgan fingerprint density at radius 2 is 1.84 bits per heavy atom. The van der Waals surface area contributed by atoms with E-state index in [2.05, 4.69) is 0 Å². The predicted molar refractivity (Wildman–Crippen MR) is 74.0 cm³/mol. The molecule has 3 aromatic rings. The highest BCUT2D eigenvalue weighted by Crippen LogP contribution is 2.25. The van der Waals surface area contributed by atoms with Gasteiger partial charge in [-0.05, 0) is 18.2 Å². The number of nitrogens with two attached hydrogens (primary N) is 1. The number of anilines is 1. The normalized spacial score (nSPS) is 10.7. The lowest BCUT2D eigenvalue weighted by atomic mass is 10.0. The lowest BCUT2D eigenvalue weighted by Crippen LogP contribution is -2.06. The summed E-state index contributed by atoms with van der Waals surface area (Å²) in [7, 11) is 0. The number of phenolic OH excluding ortho intramolecular Hbond substituents is 1. The summed E-state index contributed by atoms with van der Waals surface area (Å²) in [4.78, 5) is 12.4. The molecule has 3 N–H and O–H groups in total. The van der Waals surface area contributed by atoms with Crippen LogP contribution in [-0.2, 0) is 0 Å². The molecule has 0 amide bonds. The van der Waals surface area contributed by atoms with Crippen molar-refractivity contribution >= 4 is 16.7 Å². The zero-order valence-electron chi connectivity index (χ0n) is 9.96. The molecule has 2 aromatic carbocycles. The van der Waals surface area contributed by atoms with E-state index in [1.54, 1.807) is 24.3 Å². The highest BCUT2D eigenvalue weighted by Gasteiger charge is 2.11. The number of para-hydroxylation sites is 1. The van der Waals surface area contributed by atoms with Gasteiger partial charge in [-0.15, -0.1) is 0 Å². The first-order valence-corrected chi connectivity index (χ1v) is 5.76. The summed E-state index contributed by atoms with van der Waals surface area (Å²) in [5, 5.41) is 9.78. The van der Waals surface area contributed by atoms with Crippen LogP contribution in [0.1, 0.15) is 0 Å². The van der Waals surface area contributed by atoms with Gasteiger partial charge in [0.1, 0.15) is 17.6 Å². The van der Waals surface area contributed by atoms with Gasteiger partial charge in [0.2, 0.25) is 5.43 Å².